The average Bonchev–Trinajstić information content (AvgIpc) is 3.45. The maximum Gasteiger partial charge on any atom is 0.0541 e. The molecule has 7 rings (SSSR count). The maximum absolute atomic E-state index is 2.51. The third-order valence-corrected chi connectivity index (χ3v) is 7.92. The summed E-state index contributed by atoms with van der Waals surface area (Å²) in [7, 11) is 0. The largest absolute Gasteiger partial charge is 0.316 e. The molecule has 1 aliphatic rings. The number of para-hydroxylation sites is 4. The van der Waals surface area contributed by atoms with Crippen molar-refractivity contribution in [1.29, 1.82) is 0 Å². The molecule has 4 aromatic carbocycles. The molecule has 0 spiro atoms. The fraction of sp³-hybridized carbons (Fsp3) is 0.111. The number of nitrogens with zero attached hydrogens (tertiary/aromatic N) is 2. The zero-order chi connectivity index (χ0) is 25.6. The number of hydrogen-bond acceptors (Lipinski definition) is 0. The van der Waals surface area contributed by atoms with Crippen LogP contribution in [0.3, 0.4) is 0 Å². The highest BCUT2D eigenvalue weighted by Gasteiger charge is 2.23. The van der Waals surface area contributed by atoms with Gasteiger partial charge in [0.1, 0.15) is 0 Å². The van der Waals surface area contributed by atoms with Crippen molar-refractivity contribution in [1.82, 2.24) is 9.13 Å². The van der Waals surface area contributed by atoms with Crippen LogP contribution in [0.4, 0.5) is 0 Å². The van der Waals surface area contributed by atoms with Crippen LogP contribution in [-0.4, -0.2) is 9.13 Å². The summed E-state index contributed by atoms with van der Waals surface area (Å²) >= 11 is 0. The van der Waals surface area contributed by atoms with Gasteiger partial charge in [0.15, 0.2) is 0 Å². The zero-order valence-corrected chi connectivity index (χ0v) is 21.9. The Bertz CT molecular complexity index is 1840. The number of hydrogen-bond donors (Lipinski definition) is 0. The number of fused-ring (bicyclic) bond motifs is 4. The van der Waals surface area contributed by atoms with Crippen molar-refractivity contribution < 1.29 is 0 Å². The molecular formula is C36H30N2. The molecule has 0 saturated carbocycles. The summed E-state index contributed by atoms with van der Waals surface area (Å²) in [6, 6.07) is 35.2. The average molecular weight is 491 g/mol. The number of allylic oxidation sites excluding steroid dienone is 2. The molecule has 0 saturated heterocycles. The molecule has 2 heterocycles. The van der Waals surface area contributed by atoms with E-state index in [0.717, 1.165) is 12.8 Å². The predicted octanol–water partition coefficient (Wildman–Crippen LogP) is 9.54. The minimum absolute atomic E-state index is 1.05. The van der Waals surface area contributed by atoms with Crippen molar-refractivity contribution in [3.05, 3.63) is 132 Å². The molecule has 0 N–H and O–H groups in total. The minimum Gasteiger partial charge on any atom is -0.316 e. The van der Waals surface area contributed by atoms with Crippen molar-refractivity contribution in [2.45, 2.75) is 26.7 Å². The monoisotopic (exact) mass is 490 g/mol. The van der Waals surface area contributed by atoms with E-state index in [2.05, 4.69) is 144 Å². The molecule has 184 valence electrons. The van der Waals surface area contributed by atoms with E-state index in [9.17, 15) is 0 Å². The van der Waals surface area contributed by atoms with Crippen LogP contribution in [0.15, 0.2) is 109 Å². The molecule has 0 bridgehead atoms. The molecule has 0 atom stereocenters. The minimum atomic E-state index is 1.05. The molecule has 0 unspecified atom stereocenters. The lowest BCUT2D eigenvalue weighted by Gasteiger charge is -2.20. The lowest BCUT2D eigenvalue weighted by atomic mass is 9.99. The van der Waals surface area contributed by atoms with E-state index < -0.39 is 0 Å². The SMILES string of the molecule is C/C=C\c1c2c(n(-c3ccccc3-c3ccccc3-n3c4ccccc4c4ccccc43)c1C)CCC=C2. The lowest BCUT2D eigenvalue weighted by molar-refractivity contribution is 0.857. The molecule has 38 heavy (non-hydrogen) atoms. The van der Waals surface area contributed by atoms with Gasteiger partial charge in [-0.2, -0.15) is 0 Å². The van der Waals surface area contributed by atoms with Gasteiger partial charge in [-0.3, -0.25) is 0 Å². The Balaban J connectivity index is 1.53. The van der Waals surface area contributed by atoms with Gasteiger partial charge in [0, 0.05) is 44.4 Å². The van der Waals surface area contributed by atoms with Crippen molar-refractivity contribution in [3.63, 3.8) is 0 Å². The van der Waals surface area contributed by atoms with Gasteiger partial charge in [-0.05, 0) is 51.0 Å². The van der Waals surface area contributed by atoms with E-state index in [0.29, 0.717) is 0 Å². The molecule has 2 nitrogen and oxygen atoms in total. The fourth-order valence-corrected chi connectivity index (χ4v) is 6.33. The van der Waals surface area contributed by atoms with Crippen molar-refractivity contribution in [2.75, 3.05) is 0 Å². The van der Waals surface area contributed by atoms with Crippen LogP contribution in [0.25, 0.3) is 56.5 Å². The Hall–Kier alpha value is -4.56. The second-order valence-electron chi connectivity index (χ2n) is 10.0. The highest BCUT2D eigenvalue weighted by molar-refractivity contribution is 6.09. The first-order chi connectivity index (χ1) is 18.8. The van der Waals surface area contributed by atoms with Crippen molar-refractivity contribution in [2.24, 2.45) is 0 Å². The molecule has 0 fully saturated rings. The van der Waals surface area contributed by atoms with Gasteiger partial charge in [-0.25, -0.2) is 0 Å². The van der Waals surface area contributed by atoms with Gasteiger partial charge >= 0.3 is 0 Å². The topological polar surface area (TPSA) is 9.86 Å². The molecule has 6 aromatic rings. The van der Waals surface area contributed by atoms with E-state index in [1.54, 1.807) is 0 Å². The standard InChI is InChI=1S/C36H30N2/c1-3-14-26-25(2)37(32-20-9-4-15-27(26)32)33-21-10-5-16-28(33)29-17-6-11-22-34(29)38-35-23-12-7-18-30(35)31-19-8-13-24-36(31)38/h3-8,10-19,21-24H,9,20H2,1-2H3/b14-3-. The van der Waals surface area contributed by atoms with E-state index in [1.165, 1.54) is 66.8 Å². The Kier molecular flexibility index (Phi) is 5.40. The van der Waals surface area contributed by atoms with E-state index >= 15 is 0 Å². The van der Waals surface area contributed by atoms with Crippen molar-refractivity contribution >= 4 is 34.0 Å². The van der Waals surface area contributed by atoms with Gasteiger partial charge in [0.2, 0.25) is 0 Å². The second kappa shape index (κ2) is 9.08. The fourth-order valence-electron chi connectivity index (χ4n) is 6.33. The Morgan fingerprint density at radius 3 is 1.84 bits per heavy atom. The molecule has 2 aromatic heterocycles. The Morgan fingerprint density at radius 2 is 1.21 bits per heavy atom. The highest BCUT2D eigenvalue weighted by atomic mass is 15.0. The number of benzene rings is 4. The molecular weight excluding hydrogens is 460 g/mol. The van der Waals surface area contributed by atoms with Crippen molar-refractivity contribution in [3.8, 4) is 22.5 Å². The maximum atomic E-state index is 2.51. The quantitative estimate of drug-likeness (QED) is 0.233. The zero-order valence-electron chi connectivity index (χ0n) is 21.9. The van der Waals surface area contributed by atoms with Gasteiger partial charge in [-0.1, -0.05) is 97.1 Å². The third kappa shape index (κ3) is 3.34. The summed E-state index contributed by atoms with van der Waals surface area (Å²) < 4.78 is 4.94. The first-order valence-corrected chi connectivity index (χ1v) is 13.5. The van der Waals surface area contributed by atoms with E-state index in [4.69, 9.17) is 0 Å². The smallest absolute Gasteiger partial charge is 0.0541 e. The first kappa shape index (κ1) is 22.6. The summed E-state index contributed by atoms with van der Waals surface area (Å²) in [4.78, 5) is 0. The van der Waals surface area contributed by atoms with Crippen LogP contribution in [0.1, 0.15) is 35.9 Å². The Labute approximate surface area is 223 Å². The lowest BCUT2D eigenvalue weighted by Crippen LogP contribution is -2.07. The molecule has 1 aliphatic carbocycles. The Morgan fingerprint density at radius 1 is 0.658 bits per heavy atom. The van der Waals surface area contributed by atoms with E-state index in [-0.39, 0.29) is 0 Å². The van der Waals surface area contributed by atoms with Gasteiger partial charge in [-0.15, -0.1) is 0 Å². The summed E-state index contributed by atoms with van der Waals surface area (Å²) in [5.41, 5.74) is 12.7. The van der Waals surface area contributed by atoms with E-state index in [1.807, 2.05) is 0 Å². The third-order valence-electron chi connectivity index (χ3n) is 7.92. The normalized spacial score (nSPS) is 13.1. The van der Waals surface area contributed by atoms with Gasteiger partial charge < -0.3 is 9.13 Å². The van der Waals surface area contributed by atoms with Crippen LogP contribution in [0.2, 0.25) is 0 Å². The van der Waals surface area contributed by atoms with Gasteiger partial charge in [0.25, 0.3) is 0 Å². The van der Waals surface area contributed by atoms with Crippen LogP contribution in [-0.2, 0) is 6.42 Å². The van der Waals surface area contributed by atoms with Gasteiger partial charge in [0.05, 0.1) is 22.4 Å². The second-order valence-corrected chi connectivity index (χ2v) is 10.0. The molecule has 0 radical (unpaired) electrons. The summed E-state index contributed by atoms with van der Waals surface area (Å²) in [6.45, 7) is 4.36. The molecule has 2 heteroatoms. The highest BCUT2D eigenvalue weighted by Crippen LogP contribution is 2.40. The number of aromatic nitrogens is 2. The van der Waals surface area contributed by atoms with Crippen LogP contribution in [0, 0.1) is 6.92 Å². The van der Waals surface area contributed by atoms with Crippen LogP contribution < -0.4 is 0 Å². The molecule has 0 amide bonds. The van der Waals surface area contributed by atoms with Crippen LogP contribution >= 0.6 is 0 Å². The predicted molar refractivity (Wildman–Crippen MR) is 162 cm³/mol. The molecule has 0 aliphatic heterocycles. The first-order valence-electron chi connectivity index (χ1n) is 13.5. The summed E-state index contributed by atoms with van der Waals surface area (Å²) in [5.74, 6) is 0. The van der Waals surface area contributed by atoms with Crippen LogP contribution in [0.5, 0.6) is 0 Å². The number of rotatable bonds is 4. The summed E-state index contributed by atoms with van der Waals surface area (Å²) in [5, 5.41) is 2.56. The summed E-state index contributed by atoms with van der Waals surface area (Å²) in [6.07, 6.45) is 11.2.